The molecule has 0 aliphatic heterocycles. The van der Waals surface area contributed by atoms with Gasteiger partial charge in [-0.1, -0.05) is 45.2 Å². The number of carbonyl (C=O) groups is 2. The number of sulfonamides is 1. The number of halogens is 3. The van der Waals surface area contributed by atoms with Crippen LogP contribution in [0.1, 0.15) is 26.3 Å². The molecule has 0 aliphatic rings. The number of carbonyl (C=O) groups excluding carboxylic acids is 2. The number of nitrogens with zero attached hydrogens (tertiary/aromatic N) is 2. The molecule has 0 bridgehead atoms. The smallest absolute Gasteiger partial charge is 0.244 e. The fraction of sp³-hybridized carbons (Fsp3) is 0.364. The van der Waals surface area contributed by atoms with E-state index in [0.717, 1.165) is 15.0 Å². The fourth-order valence-corrected chi connectivity index (χ4v) is 4.62. The molecule has 0 aliphatic carbocycles. The molecule has 2 aromatic rings. The van der Waals surface area contributed by atoms with Gasteiger partial charge in [0, 0.05) is 27.1 Å². The maximum Gasteiger partial charge on any atom is 0.244 e. The van der Waals surface area contributed by atoms with Crippen LogP contribution in [0.2, 0.25) is 10.0 Å². The zero-order chi connectivity index (χ0) is 24.9. The largest absolute Gasteiger partial charge is 0.352 e. The average molecular weight is 579 g/mol. The van der Waals surface area contributed by atoms with E-state index in [1.54, 1.807) is 49.4 Å². The molecule has 0 spiro atoms. The number of benzene rings is 2. The molecule has 0 fully saturated rings. The van der Waals surface area contributed by atoms with Crippen LogP contribution in [0.25, 0.3) is 0 Å². The second-order valence-corrected chi connectivity index (χ2v) is 11.5. The molecule has 2 aromatic carbocycles. The Labute approximate surface area is 213 Å². The number of hydrogen-bond donors (Lipinski definition) is 1. The molecule has 11 heteroatoms. The van der Waals surface area contributed by atoms with Crippen molar-refractivity contribution in [3.05, 3.63) is 62.5 Å². The SMILES string of the molecule is CC(C)NC(=O)[C@@H](C)N(Cc1ccc(Cl)cc1Cl)C(=O)CN(c1ccc(Br)cc1)S(C)(=O)=O. The van der Waals surface area contributed by atoms with E-state index in [9.17, 15) is 18.0 Å². The van der Waals surface area contributed by atoms with Gasteiger partial charge in [-0.2, -0.15) is 0 Å². The highest BCUT2D eigenvalue weighted by Gasteiger charge is 2.30. The van der Waals surface area contributed by atoms with Crippen LogP contribution in [0, 0.1) is 0 Å². The number of nitrogens with one attached hydrogen (secondary N) is 1. The molecular formula is C22H26BrCl2N3O4S. The van der Waals surface area contributed by atoms with Gasteiger partial charge in [-0.15, -0.1) is 0 Å². The lowest BCUT2D eigenvalue weighted by molar-refractivity contribution is -0.139. The van der Waals surface area contributed by atoms with Gasteiger partial charge in [-0.3, -0.25) is 13.9 Å². The molecule has 1 N–H and O–H groups in total. The summed E-state index contributed by atoms with van der Waals surface area (Å²) in [6.07, 6.45) is 1.03. The molecule has 2 rings (SSSR count). The molecule has 0 saturated heterocycles. The van der Waals surface area contributed by atoms with E-state index in [1.807, 2.05) is 13.8 Å². The zero-order valence-corrected chi connectivity index (χ0v) is 22.6. The fourth-order valence-electron chi connectivity index (χ4n) is 3.04. The second-order valence-electron chi connectivity index (χ2n) is 7.84. The van der Waals surface area contributed by atoms with E-state index in [0.29, 0.717) is 21.3 Å². The van der Waals surface area contributed by atoms with E-state index in [4.69, 9.17) is 23.2 Å². The topological polar surface area (TPSA) is 86.8 Å². The first-order valence-corrected chi connectivity index (χ1v) is 13.5. The highest BCUT2D eigenvalue weighted by Crippen LogP contribution is 2.25. The third kappa shape index (κ3) is 7.88. The molecule has 7 nitrogen and oxygen atoms in total. The molecule has 0 heterocycles. The Morgan fingerprint density at radius 3 is 2.18 bits per heavy atom. The number of rotatable bonds is 9. The summed E-state index contributed by atoms with van der Waals surface area (Å²) >= 11 is 15.6. The van der Waals surface area contributed by atoms with E-state index in [-0.39, 0.29) is 18.5 Å². The van der Waals surface area contributed by atoms with Gasteiger partial charge in [0.25, 0.3) is 0 Å². The van der Waals surface area contributed by atoms with Crippen LogP contribution in [0.4, 0.5) is 5.69 Å². The highest BCUT2D eigenvalue weighted by molar-refractivity contribution is 9.10. The maximum absolute atomic E-state index is 13.4. The van der Waals surface area contributed by atoms with Crippen molar-refractivity contribution in [3.63, 3.8) is 0 Å². The normalized spacial score (nSPS) is 12.4. The summed E-state index contributed by atoms with van der Waals surface area (Å²) in [7, 11) is -3.78. The van der Waals surface area contributed by atoms with Gasteiger partial charge in [0.05, 0.1) is 11.9 Å². The molecule has 0 radical (unpaired) electrons. The molecule has 180 valence electrons. The predicted octanol–water partition coefficient (Wildman–Crippen LogP) is 4.46. The van der Waals surface area contributed by atoms with E-state index < -0.39 is 28.5 Å². The van der Waals surface area contributed by atoms with Crippen LogP contribution in [0.15, 0.2) is 46.9 Å². The van der Waals surface area contributed by atoms with Gasteiger partial charge in [-0.05, 0) is 62.7 Å². The van der Waals surface area contributed by atoms with E-state index in [2.05, 4.69) is 21.2 Å². The second kappa shape index (κ2) is 11.6. The molecule has 33 heavy (non-hydrogen) atoms. The Hall–Kier alpha value is -1.81. The van der Waals surface area contributed by atoms with Gasteiger partial charge in [0.1, 0.15) is 12.6 Å². The van der Waals surface area contributed by atoms with Gasteiger partial charge in [0.2, 0.25) is 21.8 Å². The van der Waals surface area contributed by atoms with Gasteiger partial charge in [0.15, 0.2) is 0 Å². The summed E-state index contributed by atoms with van der Waals surface area (Å²) in [6.45, 7) is 4.73. The first-order chi connectivity index (χ1) is 15.3. The summed E-state index contributed by atoms with van der Waals surface area (Å²) in [5, 5.41) is 3.56. The van der Waals surface area contributed by atoms with Crippen LogP contribution < -0.4 is 9.62 Å². The summed E-state index contributed by atoms with van der Waals surface area (Å²) in [6, 6.07) is 10.4. The van der Waals surface area contributed by atoms with Crippen LogP contribution in [0.5, 0.6) is 0 Å². The first-order valence-electron chi connectivity index (χ1n) is 10.1. The molecule has 0 saturated carbocycles. The highest BCUT2D eigenvalue weighted by atomic mass is 79.9. The minimum absolute atomic E-state index is 0.000538. The summed E-state index contributed by atoms with van der Waals surface area (Å²) in [5.74, 6) is -0.918. The average Bonchev–Trinajstić information content (AvgIpc) is 2.70. The van der Waals surface area contributed by atoms with Gasteiger partial charge >= 0.3 is 0 Å². The number of anilines is 1. The lowest BCUT2D eigenvalue weighted by Gasteiger charge is -2.32. The quantitative estimate of drug-likeness (QED) is 0.476. The standard InChI is InChI=1S/C22H26BrCl2N3O4S/c1-14(2)26-22(30)15(3)27(12-16-5-8-18(24)11-20(16)25)21(29)13-28(33(4,31)32)19-9-6-17(23)7-10-19/h5-11,14-15H,12-13H2,1-4H3,(H,26,30)/t15-/m1/s1. The van der Waals surface area contributed by atoms with Crippen molar-refractivity contribution >= 4 is 66.7 Å². The number of amides is 2. The van der Waals surface area contributed by atoms with Crippen molar-refractivity contribution in [2.75, 3.05) is 17.1 Å². The molecule has 1 atom stereocenters. The first kappa shape index (κ1) is 27.4. The van der Waals surface area contributed by atoms with Crippen molar-refractivity contribution in [1.82, 2.24) is 10.2 Å². The lowest BCUT2D eigenvalue weighted by Crippen LogP contribution is -2.52. The Morgan fingerprint density at radius 1 is 1.06 bits per heavy atom. The summed E-state index contributed by atoms with van der Waals surface area (Å²) in [4.78, 5) is 27.4. The van der Waals surface area contributed by atoms with Crippen molar-refractivity contribution in [2.45, 2.75) is 39.4 Å². The minimum atomic E-state index is -3.78. The van der Waals surface area contributed by atoms with Crippen molar-refractivity contribution in [1.29, 1.82) is 0 Å². The van der Waals surface area contributed by atoms with Crippen molar-refractivity contribution in [2.24, 2.45) is 0 Å². The maximum atomic E-state index is 13.4. The molecule has 0 aromatic heterocycles. The Kier molecular flexibility index (Phi) is 9.60. The Balaban J connectivity index is 2.41. The molecule has 2 amide bonds. The van der Waals surface area contributed by atoms with Crippen LogP contribution in [-0.4, -0.2) is 50.0 Å². The summed E-state index contributed by atoms with van der Waals surface area (Å²) in [5.41, 5.74) is 0.908. The minimum Gasteiger partial charge on any atom is -0.352 e. The van der Waals surface area contributed by atoms with Crippen LogP contribution in [0.3, 0.4) is 0 Å². The van der Waals surface area contributed by atoms with Gasteiger partial charge < -0.3 is 10.2 Å². The van der Waals surface area contributed by atoms with E-state index >= 15 is 0 Å². The Morgan fingerprint density at radius 2 is 1.67 bits per heavy atom. The monoisotopic (exact) mass is 577 g/mol. The van der Waals surface area contributed by atoms with Gasteiger partial charge in [-0.25, -0.2) is 8.42 Å². The lowest BCUT2D eigenvalue weighted by atomic mass is 10.1. The Bertz CT molecular complexity index is 1110. The van der Waals surface area contributed by atoms with Crippen molar-refractivity contribution in [3.8, 4) is 0 Å². The van der Waals surface area contributed by atoms with Crippen LogP contribution >= 0.6 is 39.1 Å². The third-order valence-electron chi connectivity index (χ3n) is 4.75. The molecule has 0 unspecified atom stereocenters. The predicted molar refractivity (Wildman–Crippen MR) is 136 cm³/mol. The van der Waals surface area contributed by atoms with Crippen LogP contribution in [-0.2, 0) is 26.2 Å². The van der Waals surface area contributed by atoms with E-state index in [1.165, 1.54) is 4.90 Å². The zero-order valence-electron chi connectivity index (χ0n) is 18.7. The van der Waals surface area contributed by atoms with Crippen molar-refractivity contribution < 1.29 is 18.0 Å². The third-order valence-corrected chi connectivity index (χ3v) is 7.00. The summed E-state index contributed by atoms with van der Waals surface area (Å²) < 4.78 is 26.8. The number of hydrogen-bond acceptors (Lipinski definition) is 4. The molecular weight excluding hydrogens is 553 g/mol.